The van der Waals surface area contributed by atoms with Crippen LogP contribution in [0.1, 0.15) is 148 Å². The lowest BCUT2D eigenvalue weighted by Gasteiger charge is -2.74. The second kappa shape index (κ2) is 14.8. The van der Waals surface area contributed by atoms with Crippen molar-refractivity contribution < 1.29 is 20.1 Å². The van der Waals surface area contributed by atoms with Crippen LogP contribution in [-0.2, 0) is 4.74 Å². The zero-order valence-corrected chi connectivity index (χ0v) is 37.0. The van der Waals surface area contributed by atoms with Crippen LogP contribution >= 0.6 is 0 Å². The molecule has 2 bridgehead atoms. The molecule has 0 aromatic heterocycles. The molecule has 4 spiro atoms. The summed E-state index contributed by atoms with van der Waals surface area (Å²) in [5.41, 5.74) is 6.34. The molecule has 2 aromatic carbocycles. The minimum atomic E-state index is -0.0171. The van der Waals surface area contributed by atoms with E-state index in [1.807, 2.05) is 17.7 Å². The van der Waals surface area contributed by atoms with Gasteiger partial charge in [0.15, 0.2) is 0 Å². The van der Waals surface area contributed by atoms with Crippen molar-refractivity contribution in [1.82, 2.24) is 4.90 Å². The molecule has 3 N–H and O–H groups in total. The summed E-state index contributed by atoms with van der Waals surface area (Å²) in [5.74, 6) is 3.93. The lowest BCUT2D eigenvalue weighted by molar-refractivity contribution is -0.231. The van der Waals surface area contributed by atoms with Crippen molar-refractivity contribution in [2.45, 2.75) is 154 Å². The summed E-state index contributed by atoms with van der Waals surface area (Å²) in [6.45, 7) is 13.8. The van der Waals surface area contributed by atoms with Crippen LogP contribution in [0.2, 0.25) is 0 Å². The molecule has 59 heavy (non-hydrogen) atoms. The van der Waals surface area contributed by atoms with Gasteiger partial charge in [0.05, 0.1) is 5.54 Å². The number of phenolic OH excluding ortho intramolecular Hbond substituents is 1. The van der Waals surface area contributed by atoms with Gasteiger partial charge in [-0.05, 0) is 184 Å². The molecule has 0 amide bonds. The third kappa shape index (κ3) is 5.48. The highest BCUT2D eigenvalue weighted by atomic mass is 16.5. The smallest absolute Gasteiger partial charge is 0.116 e. The maximum absolute atomic E-state index is 10.1. The van der Waals surface area contributed by atoms with Gasteiger partial charge >= 0.3 is 0 Å². The van der Waals surface area contributed by atoms with Gasteiger partial charge in [0, 0.05) is 49.3 Å². The number of fused-ring (bicyclic) bond motifs is 2. The van der Waals surface area contributed by atoms with Crippen molar-refractivity contribution in [2.75, 3.05) is 33.0 Å². The lowest BCUT2D eigenvalue weighted by atomic mass is 9.31. The number of hydrogen-bond acceptors (Lipinski definition) is 5. The monoisotopic (exact) mass is 802 g/mol. The zero-order chi connectivity index (χ0) is 40.8. The van der Waals surface area contributed by atoms with Crippen LogP contribution in [0.4, 0.5) is 0 Å². The average Bonchev–Trinajstić information content (AvgIpc) is 3.40. The average molecular weight is 802 g/mol. The first-order valence-electron chi connectivity index (χ1n) is 24.4. The Labute approximate surface area is 355 Å². The summed E-state index contributed by atoms with van der Waals surface area (Å²) in [6.07, 6.45) is 31.6. The van der Waals surface area contributed by atoms with Gasteiger partial charge in [-0.3, -0.25) is 4.90 Å². The first-order valence-corrected chi connectivity index (χ1v) is 24.4. The Morgan fingerprint density at radius 3 is 2.63 bits per heavy atom. The number of rotatable bonds is 15. The molecule has 320 valence electrons. The number of allylic oxidation sites excluding steroid dienone is 3. The van der Waals surface area contributed by atoms with Gasteiger partial charge in [-0.1, -0.05) is 86.9 Å². The van der Waals surface area contributed by atoms with E-state index in [0.29, 0.717) is 64.2 Å². The fourth-order valence-corrected chi connectivity index (χ4v) is 17.8. The maximum atomic E-state index is 10.1. The molecule has 10 rings (SSSR count). The summed E-state index contributed by atoms with van der Waals surface area (Å²) in [5, 5.41) is 32.1. The fourth-order valence-electron chi connectivity index (χ4n) is 17.8. The number of aliphatic hydroxyl groups is 2. The van der Waals surface area contributed by atoms with Gasteiger partial charge in [0.2, 0.25) is 0 Å². The number of benzene rings is 2. The summed E-state index contributed by atoms with van der Waals surface area (Å²) in [6, 6.07) is 12.3. The standard InChI is InChI=1S/C54H75NO4/c1-5-40(42-11-12-44-33-46(58)14-13-43(44)32-42)31-39(18-28-57)19-29-59-30-20-45-10-6-22-50(45)34-38(3)53-26-15-37(2)48(53)35-54(50)49(53,4)21-8-23-52(54)25-17-47-41(9-7-27-56)16-24-51(47)36-55(51)52/h8,11-14,17,23,25,32-33,38-41,45,47,56-58H,5-7,9-10,15-16,18-22,24,26-31,34-36H2,1-4H3/t38-,39-,40-,41-,45-,47+,49-,50+,51+,52-,53-,54-,55?/m1/s1. The second-order valence-electron chi connectivity index (χ2n) is 21.9. The molecule has 1 unspecified atom stereocenters. The summed E-state index contributed by atoms with van der Waals surface area (Å²) < 4.78 is 6.75. The Balaban J connectivity index is 0.899. The van der Waals surface area contributed by atoms with Crippen molar-refractivity contribution in [3.8, 4) is 5.75 Å². The Bertz CT molecular complexity index is 2020. The van der Waals surface area contributed by atoms with E-state index in [-0.39, 0.29) is 23.0 Å². The molecule has 5 fully saturated rings. The second-order valence-corrected chi connectivity index (χ2v) is 21.9. The Hall–Kier alpha value is -2.44. The minimum absolute atomic E-state index is 0.0171. The van der Waals surface area contributed by atoms with Crippen molar-refractivity contribution in [3.63, 3.8) is 0 Å². The van der Waals surface area contributed by atoms with Crippen LogP contribution in [0.3, 0.4) is 0 Å². The Morgan fingerprint density at radius 1 is 0.949 bits per heavy atom. The van der Waals surface area contributed by atoms with E-state index in [0.717, 1.165) is 50.7 Å². The van der Waals surface area contributed by atoms with Crippen molar-refractivity contribution in [3.05, 3.63) is 77.4 Å². The topological polar surface area (TPSA) is 72.9 Å². The molecule has 2 heterocycles. The van der Waals surface area contributed by atoms with E-state index in [9.17, 15) is 15.3 Å². The summed E-state index contributed by atoms with van der Waals surface area (Å²) in [4.78, 5) is 3.11. The molecule has 6 aliphatic carbocycles. The maximum Gasteiger partial charge on any atom is 0.116 e. The normalized spacial score (nSPS) is 42.1. The van der Waals surface area contributed by atoms with Gasteiger partial charge in [-0.2, -0.15) is 0 Å². The molecule has 13 atom stereocenters. The molecule has 5 nitrogen and oxygen atoms in total. The van der Waals surface area contributed by atoms with E-state index < -0.39 is 0 Å². The fraction of sp³-hybridized carbons (Fsp3) is 0.704. The quantitative estimate of drug-likeness (QED) is 0.0950. The molecule has 8 aliphatic rings. The molecule has 1 saturated heterocycles. The van der Waals surface area contributed by atoms with Crippen LogP contribution in [-0.4, -0.2) is 64.3 Å². The van der Waals surface area contributed by atoms with Gasteiger partial charge < -0.3 is 20.1 Å². The highest BCUT2D eigenvalue weighted by molar-refractivity contribution is 5.84. The highest BCUT2D eigenvalue weighted by Gasteiger charge is 2.87. The molecule has 2 aliphatic heterocycles. The molecule has 0 radical (unpaired) electrons. The van der Waals surface area contributed by atoms with E-state index in [1.165, 1.54) is 94.5 Å². The number of aliphatic hydroxyl groups excluding tert-OH is 2. The van der Waals surface area contributed by atoms with Crippen molar-refractivity contribution in [1.29, 1.82) is 0 Å². The number of ether oxygens (including phenoxy) is 1. The van der Waals surface area contributed by atoms with E-state index >= 15 is 0 Å². The molecular weight excluding hydrogens is 727 g/mol. The highest BCUT2D eigenvalue weighted by Crippen LogP contribution is 2.90. The number of hydrogen-bond donors (Lipinski definition) is 3. The van der Waals surface area contributed by atoms with Gasteiger partial charge in [-0.15, -0.1) is 0 Å². The van der Waals surface area contributed by atoms with Gasteiger partial charge in [0.1, 0.15) is 5.75 Å². The van der Waals surface area contributed by atoms with E-state index in [1.54, 1.807) is 11.6 Å². The molecule has 4 saturated carbocycles. The zero-order valence-electron chi connectivity index (χ0n) is 37.0. The van der Waals surface area contributed by atoms with E-state index in [4.69, 9.17) is 4.74 Å². The van der Waals surface area contributed by atoms with Crippen molar-refractivity contribution >= 4 is 10.8 Å². The Kier molecular flexibility index (Phi) is 10.2. The third-order valence-corrected chi connectivity index (χ3v) is 20.1. The molecule has 5 heteroatoms. The largest absolute Gasteiger partial charge is 0.508 e. The van der Waals surface area contributed by atoms with Crippen LogP contribution in [0.25, 0.3) is 10.8 Å². The van der Waals surface area contributed by atoms with Crippen LogP contribution in [0.5, 0.6) is 5.75 Å². The third-order valence-electron chi connectivity index (χ3n) is 20.1. The number of phenols is 1. The van der Waals surface area contributed by atoms with Gasteiger partial charge in [0.25, 0.3) is 0 Å². The van der Waals surface area contributed by atoms with Crippen molar-refractivity contribution in [2.24, 2.45) is 51.2 Å². The first-order chi connectivity index (χ1) is 28.6. The van der Waals surface area contributed by atoms with Gasteiger partial charge in [-0.25, -0.2) is 0 Å². The van der Waals surface area contributed by atoms with E-state index in [2.05, 4.69) is 75.1 Å². The summed E-state index contributed by atoms with van der Waals surface area (Å²) >= 11 is 0. The lowest BCUT2D eigenvalue weighted by Crippen LogP contribution is -2.73. The van der Waals surface area contributed by atoms with Crippen LogP contribution in [0, 0.1) is 51.2 Å². The summed E-state index contributed by atoms with van der Waals surface area (Å²) in [7, 11) is 0. The van der Waals surface area contributed by atoms with Crippen LogP contribution in [0.15, 0.2) is 71.8 Å². The number of aromatic hydroxyl groups is 1. The predicted octanol–water partition coefficient (Wildman–Crippen LogP) is 11.7. The molecular formula is C54H75NO4. The first kappa shape index (κ1) is 40.6. The SMILES string of the molecule is CC[C@H](C[C@H](CCO)CCOCC[C@H]1CCC[C@]12C[C@@H](C)[C@]13CCC(C)=C1C[C@]21[C@@]2(C=CC[C@@]13C)C=C[C@H]1[C@H](CCCO)CC[C@]13CN32)c1ccc2cc(O)ccc2c1. The predicted molar refractivity (Wildman–Crippen MR) is 239 cm³/mol. The number of nitrogens with zero attached hydrogens (tertiary/aromatic N) is 1. The Morgan fingerprint density at radius 2 is 1.80 bits per heavy atom. The minimum Gasteiger partial charge on any atom is -0.508 e. The molecule has 2 aromatic rings. The van der Waals surface area contributed by atoms with Crippen LogP contribution < -0.4 is 0 Å².